The van der Waals surface area contributed by atoms with E-state index < -0.39 is 11.7 Å². The van der Waals surface area contributed by atoms with Crippen LogP contribution >= 0.6 is 11.6 Å². The lowest BCUT2D eigenvalue weighted by Gasteiger charge is -2.27. The highest BCUT2D eigenvalue weighted by atomic mass is 35.5. The predicted molar refractivity (Wildman–Crippen MR) is 145 cm³/mol. The normalized spacial score (nSPS) is 11.4. The summed E-state index contributed by atoms with van der Waals surface area (Å²) >= 11 is 5.97. The standard InChI is InChI=1S/C27H29ClN6O2/c1-17(2)18-8-10-19(11-9-18)34(26(35)36-27(3,4)5)25-30-21-16-20(12-13-22(21)33(25)7)32(6)23-14-15-29-24(28)31-23/h8-16H,1H2,2-7H3. The van der Waals surface area contributed by atoms with Gasteiger partial charge < -0.3 is 14.2 Å². The number of rotatable bonds is 5. The van der Waals surface area contributed by atoms with Gasteiger partial charge in [0.2, 0.25) is 11.2 Å². The Morgan fingerprint density at radius 1 is 1.06 bits per heavy atom. The molecule has 2 aromatic heterocycles. The molecule has 2 aromatic carbocycles. The van der Waals surface area contributed by atoms with Crippen LogP contribution in [-0.4, -0.2) is 38.3 Å². The maximum Gasteiger partial charge on any atom is 0.421 e. The molecule has 4 aromatic rings. The SMILES string of the molecule is C=C(C)c1ccc(N(C(=O)OC(C)(C)C)c2nc3cc(N(C)c4ccnc(Cl)n4)ccc3n2C)cc1. The van der Waals surface area contributed by atoms with Crippen molar-refractivity contribution in [3.63, 3.8) is 0 Å². The largest absolute Gasteiger partial charge is 0.443 e. The molecule has 0 aliphatic heterocycles. The van der Waals surface area contributed by atoms with Crippen molar-refractivity contribution >= 4 is 57.4 Å². The van der Waals surface area contributed by atoms with E-state index >= 15 is 0 Å². The van der Waals surface area contributed by atoms with Crippen LogP contribution in [0.2, 0.25) is 5.28 Å². The fraction of sp³-hybridized carbons (Fsp3) is 0.259. The van der Waals surface area contributed by atoms with Gasteiger partial charge in [0.1, 0.15) is 11.4 Å². The summed E-state index contributed by atoms with van der Waals surface area (Å²) in [6.45, 7) is 11.4. The van der Waals surface area contributed by atoms with Crippen molar-refractivity contribution in [3.8, 4) is 0 Å². The third-order valence-corrected chi connectivity index (χ3v) is 5.76. The Bertz CT molecular complexity index is 1440. The van der Waals surface area contributed by atoms with Crippen LogP contribution in [0, 0.1) is 0 Å². The molecule has 0 saturated heterocycles. The van der Waals surface area contributed by atoms with E-state index in [0.717, 1.165) is 22.3 Å². The number of ether oxygens (including phenoxy) is 1. The molecule has 0 fully saturated rings. The van der Waals surface area contributed by atoms with E-state index in [9.17, 15) is 4.79 Å². The van der Waals surface area contributed by atoms with Crippen molar-refractivity contribution in [2.24, 2.45) is 7.05 Å². The second-order valence-electron chi connectivity index (χ2n) is 9.53. The van der Waals surface area contributed by atoms with Crippen LogP contribution in [0.1, 0.15) is 33.3 Å². The molecule has 0 unspecified atom stereocenters. The molecule has 1 amide bonds. The maximum atomic E-state index is 13.4. The average molecular weight is 505 g/mol. The second-order valence-corrected chi connectivity index (χ2v) is 9.87. The van der Waals surface area contributed by atoms with Gasteiger partial charge in [-0.05, 0) is 81.3 Å². The van der Waals surface area contributed by atoms with Gasteiger partial charge in [0.15, 0.2) is 0 Å². The monoisotopic (exact) mass is 504 g/mol. The van der Waals surface area contributed by atoms with Gasteiger partial charge in [-0.3, -0.25) is 0 Å². The molecule has 0 saturated carbocycles. The number of allylic oxidation sites excluding steroid dienone is 1. The highest BCUT2D eigenvalue weighted by Gasteiger charge is 2.29. The fourth-order valence-corrected chi connectivity index (χ4v) is 3.88. The Morgan fingerprint density at radius 2 is 1.72 bits per heavy atom. The molecule has 9 heteroatoms. The van der Waals surface area contributed by atoms with Crippen LogP contribution in [0.15, 0.2) is 61.3 Å². The topological polar surface area (TPSA) is 76.4 Å². The zero-order chi connectivity index (χ0) is 26.2. The first-order chi connectivity index (χ1) is 16.9. The smallest absolute Gasteiger partial charge is 0.421 e. The summed E-state index contributed by atoms with van der Waals surface area (Å²) in [5.41, 5.74) is 4.32. The van der Waals surface area contributed by atoms with Crippen molar-refractivity contribution in [1.82, 2.24) is 19.5 Å². The summed E-state index contributed by atoms with van der Waals surface area (Å²) in [7, 11) is 3.76. The van der Waals surface area contributed by atoms with Crippen molar-refractivity contribution < 1.29 is 9.53 Å². The summed E-state index contributed by atoms with van der Waals surface area (Å²) in [5, 5.41) is 0.172. The van der Waals surface area contributed by atoms with Gasteiger partial charge >= 0.3 is 6.09 Å². The summed E-state index contributed by atoms with van der Waals surface area (Å²) in [6.07, 6.45) is 1.09. The minimum absolute atomic E-state index is 0.172. The quantitative estimate of drug-likeness (QED) is 0.275. The van der Waals surface area contributed by atoms with Crippen LogP contribution in [0.3, 0.4) is 0 Å². The summed E-state index contributed by atoms with van der Waals surface area (Å²) in [6, 6.07) is 15.2. The molecular formula is C27H29ClN6O2. The molecule has 36 heavy (non-hydrogen) atoms. The van der Waals surface area contributed by atoms with Gasteiger partial charge in [-0.25, -0.2) is 24.6 Å². The van der Waals surface area contributed by atoms with Gasteiger partial charge in [0.05, 0.1) is 16.7 Å². The van der Waals surface area contributed by atoms with Crippen LogP contribution in [-0.2, 0) is 11.8 Å². The zero-order valence-electron chi connectivity index (χ0n) is 21.3. The average Bonchev–Trinajstić information content (AvgIpc) is 3.13. The number of aryl methyl sites for hydroxylation is 1. The Morgan fingerprint density at radius 3 is 2.33 bits per heavy atom. The number of hydrogen-bond donors (Lipinski definition) is 0. The molecule has 2 heterocycles. The first-order valence-electron chi connectivity index (χ1n) is 11.4. The number of halogens is 1. The van der Waals surface area contributed by atoms with E-state index in [1.165, 1.54) is 4.90 Å². The highest BCUT2D eigenvalue weighted by molar-refractivity contribution is 6.28. The third kappa shape index (κ3) is 5.18. The molecule has 0 spiro atoms. The van der Waals surface area contributed by atoms with Gasteiger partial charge in [-0.1, -0.05) is 24.3 Å². The van der Waals surface area contributed by atoms with Crippen LogP contribution in [0.4, 0.5) is 27.9 Å². The molecule has 0 aliphatic carbocycles. The minimum atomic E-state index is -0.674. The lowest BCUT2D eigenvalue weighted by molar-refractivity contribution is 0.0596. The Labute approximate surface area is 215 Å². The first-order valence-corrected chi connectivity index (χ1v) is 11.8. The van der Waals surface area contributed by atoms with Crippen LogP contribution in [0.25, 0.3) is 16.6 Å². The molecule has 186 valence electrons. The number of carbonyl (C=O) groups excluding carboxylic acids is 1. The van der Waals surface area contributed by atoms with Crippen molar-refractivity contribution in [1.29, 1.82) is 0 Å². The van der Waals surface area contributed by atoms with Crippen LogP contribution in [0.5, 0.6) is 0 Å². The Balaban J connectivity index is 1.79. The fourth-order valence-electron chi connectivity index (χ4n) is 3.73. The molecule has 4 rings (SSSR count). The van der Waals surface area contributed by atoms with Crippen molar-refractivity contribution in [3.05, 3.63) is 72.2 Å². The molecular weight excluding hydrogens is 476 g/mol. The zero-order valence-corrected chi connectivity index (χ0v) is 22.0. The number of hydrogen-bond acceptors (Lipinski definition) is 6. The maximum absolute atomic E-state index is 13.4. The third-order valence-electron chi connectivity index (χ3n) is 5.58. The van der Waals surface area contributed by atoms with E-state index in [2.05, 4.69) is 16.5 Å². The summed E-state index contributed by atoms with van der Waals surface area (Å²) in [5.74, 6) is 1.09. The molecule has 0 N–H and O–H groups in total. The van der Waals surface area contributed by atoms with E-state index in [1.807, 2.05) is 93.7 Å². The van der Waals surface area contributed by atoms with E-state index in [1.54, 1.807) is 12.3 Å². The van der Waals surface area contributed by atoms with Crippen LogP contribution < -0.4 is 9.80 Å². The summed E-state index contributed by atoms with van der Waals surface area (Å²) in [4.78, 5) is 29.8. The second kappa shape index (κ2) is 9.62. The number of nitrogens with zero attached hydrogens (tertiary/aromatic N) is 6. The number of amides is 1. The van der Waals surface area contributed by atoms with E-state index in [0.29, 0.717) is 23.0 Å². The number of fused-ring (bicyclic) bond motifs is 1. The molecule has 0 aliphatic rings. The molecule has 8 nitrogen and oxygen atoms in total. The van der Waals surface area contributed by atoms with E-state index in [4.69, 9.17) is 21.3 Å². The molecule has 0 bridgehead atoms. The van der Waals surface area contributed by atoms with E-state index in [-0.39, 0.29) is 5.28 Å². The van der Waals surface area contributed by atoms with Gasteiger partial charge in [-0.15, -0.1) is 0 Å². The Kier molecular flexibility index (Phi) is 6.73. The molecule has 0 radical (unpaired) electrons. The number of carbonyl (C=O) groups is 1. The van der Waals surface area contributed by atoms with Gasteiger partial charge in [0.25, 0.3) is 0 Å². The van der Waals surface area contributed by atoms with Crippen molar-refractivity contribution in [2.75, 3.05) is 16.8 Å². The number of aromatic nitrogens is 4. The number of anilines is 4. The number of benzene rings is 2. The van der Waals surface area contributed by atoms with Gasteiger partial charge in [-0.2, -0.15) is 0 Å². The predicted octanol–water partition coefficient (Wildman–Crippen LogP) is 6.89. The lowest BCUT2D eigenvalue weighted by atomic mass is 10.1. The lowest BCUT2D eigenvalue weighted by Crippen LogP contribution is -2.35. The number of imidazole rings is 1. The first kappa shape index (κ1) is 25.2. The minimum Gasteiger partial charge on any atom is -0.443 e. The van der Waals surface area contributed by atoms with Crippen molar-refractivity contribution in [2.45, 2.75) is 33.3 Å². The Hall–Kier alpha value is -3.91. The highest BCUT2D eigenvalue weighted by Crippen LogP contribution is 2.33. The van der Waals surface area contributed by atoms with Gasteiger partial charge in [0, 0.05) is 26.0 Å². The summed E-state index contributed by atoms with van der Waals surface area (Å²) < 4.78 is 7.62. The molecule has 0 atom stereocenters.